The van der Waals surface area contributed by atoms with Gasteiger partial charge in [-0.1, -0.05) is 163 Å². The third kappa shape index (κ3) is 5.22. The zero-order valence-corrected chi connectivity index (χ0v) is 30.6. The van der Waals surface area contributed by atoms with E-state index in [-0.39, 0.29) is 0 Å². The van der Waals surface area contributed by atoms with E-state index in [0.29, 0.717) is 0 Å². The van der Waals surface area contributed by atoms with Crippen molar-refractivity contribution in [1.82, 2.24) is 14.1 Å². The van der Waals surface area contributed by atoms with E-state index in [1.807, 2.05) is 0 Å². The van der Waals surface area contributed by atoms with Crippen LogP contribution in [0.15, 0.2) is 200 Å². The monoisotopic (exact) mass is 719 g/mol. The first-order chi connectivity index (χ1) is 27.3. The molecular formula is C51H33N3S. The van der Waals surface area contributed by atoms with E-state index in [0.717, 1.165) is 43.6 Å². The minimum atomic E-state index is 0.980. The van der Waals surface area contributed by atoms with Crippen LogP contribution in [0.25, 0.3) is 98.4 Å². The van der Waals surface area contributed by atoms with Crippen molar-refractivity contribution < 1.29 is 0 Å². The van der Waals surface area contributed by atoms with Gasteiger partial charge in [0.2, 0.25) is 0 Å². The minimum Gasteiger partial charge on any atom is -0.309 e. The summed E-state index contributed by atoms with van der Waals surface area (Å²) in [5, 5.41) is 6.96. The molecule has 11 rings (SSSR count). The van der Waals surface area contributed by atoms with Crippen LogP contribution in [0.2, 0.25) is 0 Å². The lowest BCUT2D eigenvalue weighted by atomic mass is 10.0. The van der Waals surface area contributed by atoms with Gasteiger partial charge < -0.3 is 4.57 Å². The van der Waals surface area contributed by atoms with Gasteiger partial charge in [0.15, 0.2) is 0 Å². The molecule has 0 aliphatic carbocycles. The van der Waals surface area contributed by atoms with Gasteiger partial charge in [-0.25, -0.2) is 4.98 Å². The van der Waals surface area contributed by atoms with E-state index in [1.165, 1.54) is 54.8 Å². The smallest absolute Gasteiger partial charge is 0.129 e. The van der Waals surface area contributed by atoms with Gasteiger partial charge in [0.1, 0.15) is 15.7 Å². The van der Waals surface area contributed by atoms with Crippen LogP contribution in [0, 0.1) is 0 Å². The molecule has 0 bridgehead atoms. The SMILES string of the molecule is c1ccc(-c2ccc3c(c2)c2cc4c(cc2n3-c2ccccc2)c2cc(-c3ccccc3)ccc2n4-c2sc(-c3ccccc3)nc2-c2ccccc2)cc1. The maximum Gasteiger partial charge on any atom is 0.129 e. The zero-order chi connectivity index (χ0) is 36.3. The number of fused-ring (bicyclic) bond motifs is 6. The Hall–Kier alpha value is -7.01. The molecule has 0 radical (unpaired) electrons. The topological polar surface area (TPSA) is 22.8 Å². The van der Waals surface area contributed by atoms with Gasteiger partial charge in [-0.3, -0.25) is 4.57 Å². The van der Waals surface area contributed by atoms with Crippen molar-refractivity contribution in [1.29, 1.82) is 0 Å². The summed E-state index contributed by atoms with van der Waals surface area (Å²) in [6, 6.07) is 72.0. The number of para-hydroxylation sites is 1. The Balaban J connectivity index is 1.28. The Morgan fingerprint density at radius 2 is 0.745 bits per heavy atom. The van der Waals surface area contributed by atoms with Crippen LogP contribution >= 0.6 is 11.3 Å². The molecule has 3 heterocycles. The summed E-state index contributed by atoms with van der Waals surface area (Å²) in [6.45, 7) is 0. The van der Waals surface area contributed by atoms with Gasteiger partial charge in [0, 0.05) is 38.4 Å². The zero-order valence-electron chi connectivity index (χ0n) is 29.8. The number of benzene rings is 8. The van der Waals surface area contributed by atoms with Crippen LogP contribution < -0.4 is 0 Å². The maximum atomic E-state index is 5.38. The van der Waals surface area contributed by atoms with Gasteiger partial charge in [-0.05, 0) is 70.8 Å². The van der Waals surface area contributed by atoms with Crippen LogP contribution in [-0.4, -0.2) is 14.1 Å². The van der Waals surface area contributed by atoms with Crippen LogP contribution in [0.1, 0.15) is 0 Å². The molecule has 0 amide bonds. The van der Waals surface area contributed by atoms with Gasteiger partial charge in [-0.2, -0.15) is 0 Å². The van der Waals surface area contributed by atoms with Crippen molar-refractivity contribution in [3.05, 3.63) is 200 Å². The number of hydrogen-bond acceptors (Lipinski definition) is 2. The molecule has 11 aromatic rings. The van der Waals surface area contributed by atoms with Crippen LogP contribution in [-0.2, 0) is 0 Å². The molecule has 3 nitrogen and oxygen atoms in total. The van der Waals surface area contributed by atoms with Crippen LogP contribution in [0.3, 0.4) is 0 Å². The molecule has 258 valence electrons. The fraction of sp³-hybridized carbons (Fsp3) is 0. The number of aromatic nitrogens is 3. The standard InChI is InChI=1S/C51H33N3S/c1-6-16-34(17-7-1)38-26-28-45-41(30-38)43-33-48-44(32-47(43)53(45)40-24-14-5-15-25-40)42-31-39(35-18-8-2-9-19-35)27-29-46(42)54(48)51-49(36-20-10-3-11-21-36)52-50(55-51)37-22-12-4-13-23-37/h1-33H. The molecule has 0 spiro atoms. The molecule has 4 heteroatoms. The second kappa shape index (κ2) is 12.8. The van der Waals surface area contributed by atoms with Crippen molar-refractivity contribution in [3.63, 3.8) is 0 Å². The first-order valence-corrected chi connectivity index (χ1v) is 19.4. The normalized spacial score (nSPS) is 11.6. The molecule has 3 aromatic heterocycles. The number of thiazole rings is 1. The van der Waals surface area contributed by atoms with Crippen molar-refractivity contribution in [2.24, 2.45) is 0 Å². The predicted octanol–water partition coefficient (Wildman–Crippen LogP) is 14.0. The molecule has 0 saturated carbocycles. The van der Waals surface area contributed by atoms with Crippen molar-refractivity contribution >= 4 is 54.9 Å². The van der Waals surface area contributed by atoms with E-state index >= 15 is 0 Å². The fourth-order valence-electron chi connectivity index (χ4n) is 8.18. The summed E-state index contributed by atoms with van der Waals surface area (Å²) in [7, 11) is 0. The predicted molar refractivity (Wildman–Crippen MR) is 233 cm³/mol. The largest absolute Gasteiger partial charge is 0.309 e. The molecule has 0 aliphatic rings. The third-order valence-electron chi connectivity index (χ3n) is 10.8. The lowest BCUT2D eigenvalue weighted by Crippen LogP contribution is -1.95. The molecular weight excluding hydrogens is 687 g/mol. The summed E-state index contributed by atoms with van der Waals surface area (Å²) in [5.74, 6) is 0. The van der Waals surface area contributed by atoms with E-state index in [9.17, 15) is 0 Å². The lowest BCUT2D eigenvalue weighted by molar-refractivity contribution is 1.18. The average molecular weight is 720 g/mol. The second-order valence-electron chi connectivity index (χ2n) is 14.0. The summed E-state index contributed by atoms with van der Waals surface area (Å²) in [4.78, 5) is 5.38. The molecule has 0 aliphatic heterocycles. The molecule has 0 fully saturated rings. The first kappa shape index (κ1) is 31.5. The summed E-state index contributed by atoms with van der Waals surface area (Å²) in [5.41, 5.74) is 13.8. The van der Waals surface area contributed by atoms with Gasteiger partial charge >= 0.3 is 0 Å². The Morgan fingerprint density at radius 3 is 1.27 bits per heavy atom. The Morgan fingerprint density at radius 1 is 0.327 bits per heavy atom. The fourth-order valence-corrected chi connectivity index (χ4v) is 9.30. The quantitative estimate of drug-likeness (QED) is 0.168. The van der Waals surface area contributed by atoms with E-state index < -0.39 is 0 Å². The van der Waals surface area contributed by atoms with Crippen LogP contribution in [0.5, 0.6) is 0 Å². The van der Waals surface area contributed by atoms with Gasteiger partial charge in [-0.15, -0.1) is 0 Å². The molecule has 0 atom stereocenters. The lowest BCUT2D eigenvalue weighted by Gasteiger charge is -2.09. The summed E-state index contributed by atoms with van der Waals surface area (Å²) in [6.07, 6.45) is 0. The highest BCUT2D eigenvalue weighted by Crippen LogP contribution is 2.45. The maximum absolute atomic E-state index is 5.38. The Kier molecular flexibility index (Phi) is 7.35. The summed E-state index contributed by atoms with van der Waals surface area (Å²) >= 11 is 1.75. The Labute approximate surface area is 322 Å². The van der Waals surface area contributed by atoms with E-state index in [1.54, 1.807) is 11.3 Å². The second-order valence-corrected chi connectivity index (χ2v) is 15.0. The highest BCUT2D eigenvalue weighted by Gasteiger charge is 2.24. The van der Waals surface area contributed by atoms with Gasteiger partial charge in [0.25, 0.3) is 0 Å². The van der Waals surface area contributed by atoms with E-state index in [2.05, 4.69) is 209 Å². The highest BCUT2D eigenvalue weighted by molar-refractivity contribution is 7.18. The average Bonchev–Trinajstić information content (AvgIpc) is 3.94. The molecule has 0 saturated heterocycles. The molecule has 8 aromatic carbocycles. The van der Waals surface area contributed by atoms with Crippen molar-refractivity contribution in [2.45, 2.75) is 0 Å². The van der Waals surface area contributed by atoms with Gasteiger partial charge in [0.05, 0.1) is 22.1 Å². The van der Waals surface area contributed by atoms with Crippen LogP contribution in [0.4, 0.5) is 0 Å². The molecule has 0 N–H and O–H groups in total. The van der Waals surface area contributed by atoms with Crippen molar-refractivity contribution in [3.8, 4) is 54.8 Å². The summed E-state index contributed by atoms with van der Waals surface area (Å²) < 4.78 is 4.90. The Bertz CT molecular complexity index is 3160. The first-order valence-electron chi connectivity index (χ1n) is 18.6. The molecule has 0 unspecified atom stereocenters. The third-order valence-corrected chi connectivity index (χ3v) is 11.8. The number of rotatable bonds is 6. The number of hydrogen-bond donors (Lipinski definition) is 0. The highest BCUT2D eigenvalue weighted by atomic mass is 32.1. The number of nitrogens with zero attached hydrogens (tertiary/aromatic N) is 3. The molecule has 55 heavy (non-hydrogen) atoms. The van der Waals surface area contributed by atoms with E-state index in [4.69, 9.17) is 4.98 Å². The van der Waals surface area contributed by atoms with Crippen molar-refractivity contribution in [2.75, 3.05) is 0 Å². The minimum absolute atomic E-state index is 0.980.